The summed E-state index contributed by atoms with van der Waals surface area (Å²) in [4.78, 5) is 43.4. The lowest BCUT2D eigenvalue weighted by atomic mass is 10.1. The molecule has 10 nitrogen and oxygen atoms in total. The number of nitro groups is 2. The van der Waals surface area contributed by atoms with Crippen molar-refractivity contribution in [2.45, 2.75) is 0 Å². The number of benzene rings is 2. The fraction of sp³-hybridized carbons (Fsp3) is 0.0667. The van der Waals surface area contributed by atoms with Crippen LogP contribution in [0.2, 0.25) is 0 Å². The zero-order valence-corrected chi connectivity index (χ0v) is 13.6. The summed E-state index contributed by atoms with van der Waals surface area (Å²) in [5.41, 5.74) is -2.57. The van der Waals surface area contributed by atoms with E-state index in [4.69, 9.17) is 0 Å². The molecule has 13 heteroatoms. The molecule has 0 radical (unpaired) electrons. The van der Waals surface area contributed by atoms with Gasteiger partial charge in [-0.1, -0.05) is 0 Å². The summed E-state index contributed by atoms with van der Waals surface area (Å²) >= 11 is 0. The van der Waals surface area contributed by atoms with Gasteiger partial charge >= 0.3 is 0 Å². The van der Waals surface area contributed by atoms with Gasteiger partial charge in [0.15, 0.2) is 17.5 Å². The molecule has 0 aliphatic rings. The van der Waals surface area contributed by atoms with Gasteiger partial charge < -0.3 is 10.6 Å². The fourth-order valence-electron chi connectivity index (χ4n) is 2.02. The van der Waals surface area contributed by atoms with Gasteiger partial charge in [-0.3, -0.25) is 29.8 Å². The number of carbonyl (C=O) groups excluding carboxylic acids is 2. The Morgan fingerprint density at radius 3 is 2.04 bits per heavy atom. The van der Waals surface area contributed by atoms with E-state index in [-0.39, 0.29) is 0 Å². The molecular weight excluding hydrogens is 389 g/mol. The van der Waals surface area contributed by atoms with Crippen molar-refractivity contribution in [1.29, 1.82) is 0 Å². The highest BCUT2D eigenvalue weighted by molar-refractivity contribution is 6.00. The van der Waals surface area contributed by atoms with Crippen LogP contribution in [0.4, 0.5) is 30.2 Å². The van der Waals surface area contributed by atoms with E-state index in [1.54, 1.807) is 0 Å². The lowest BCUT2D eigenvalue weighted by Gasteiger charge is -2.08. The van der Waals surface area contributed by atoms with E-state index >= 15 is 0 Å². The quantitative estimate of drug-likeness (QED) is 0.434. The second-order valence-corrected chi connectivity index (χ2v) is 5.21. The van der Waals surface area contributed by atoms with Crippen LogP contribution in [0.1, 0.15) is 10.4 Å². The fourth-order valence-corrected chi connectivity index (χ4v) is 2.02. The molecule has 0 fully saturated rings. The lowest BCUT2D eigenvalue weighted by Crippen LogP contribution is -2.33. The van der Waals surface area contributed by atoms with E-state index in [2.05, 4.69) is 0 Å². The number of halogens is 3. The van der Waals surface area contributed by atoms with Gasteiger partial charge in [0.1, 0.15) is 0 Å². The van der Waals surface area contributed by atoms with Gasteiger partial charge in [-0.15, -0.1) is 0 Å². The van der Waals surface area contributed by atoms with Crippen LogP contribution in [0.5, 0.6) is 0 Å². The number of rotatable bonds is 6. The number of nitrogens with one attached hydrogen (secondary N) is 2. The molecule has 0 atom stereocenters. The minimum Gasteiger partial charge on any atom is -0.343 e. The summed E-state index contributed by atoms with van der Waals surface area (Å²) in [6, 6.07) is 3.51. The SMILES string of the molecule is O=C(CNC(=O)c1cc([N+](=O)[O-])cc([N+](=O)[O-])c1)Nc1ccc(F)c(F)c1F. The van der Waals surface area contributed by atoms with Gasteiger partial charge in [-0.2, -0.15) is 0 Å². The van der Waals surface area contributed by atoms with Crippen LogP contribution >= 0.6 is 0 Å². The first-order valence-electron chi connectivity index (χ1n) is 7.25. The Morgan fingerprint density at radius 2 is 1.50 bits per heavy atom. The third-order valence-corrected chi connectivity index (χ3v) is 3.31. The number of nitrogens with zero attached hydrogens (tertiary/aromatic N) is 2. The number of hydrogen-bond acceptors (Lipinski definition) is 6. The van der Waals surface area contributed by atoms with Crippen molar-refractivity contribution < 1.29 is 32.6 Å². The van der Waals surface area contributed by atoms with Crippen LogP contribution in [0.25, 0.3) is 0 Å². The van der Waals surface area contributed by atoms with Crippen molar-refractivity contribution in [3.05, 3.63) is 73.6 Å². The maximum absolute atomic E-state index is 13.5. The van der Waals surface area contributed by atoms with Crippen molar-refractivity contribution in [3.63, 3.8) is 0 Å². The highest BCUT2D eigenvalue weighted by atomic mass is 19.2. The first-order valence-corrected chi connectivity index (χ1v) is 7.25. The van der Waals surface area contributed by atoms with E-state index < -0.39 is 68.3 Å². The third kappa shape index (κ3) is 4.57. The Hall–Kier alpha value is -4.03. The summed E-state index contributed by atoms with van der Waals surface area (Å²) in [7, 11) is 0. The van der Waals surface area contributed by atoms with Crippen molar-refractivity contribution in [2.24, 2.45) is 0 Å². The van der Waals surface area contributed by atoms with Crippen LogP contribution in [0.15, 0.2) is 30.3 Å². The summed E-state index contributed by atoms with van der Waals surface area (Å²) < 4.78 is 39.4. The summed E-state index contributed by atoms with van der Waals surface area (Å²) in [5.74, 6) is -7.00. The molecule has 0 saturated heterocycles. The standard InChI is InChI=1S/C15H9F3N4O6/c16-10-1-2-11(14(18)13(10)17)20-12(23)6-19-15(24)7-3-8(21(25)26)5-9(4-7)22(27)28/h1-5H,6H2,(H,19,24)(H,20,23). The van der Waals surface area contributed by atoms with Gasteiger partial charge in [0.25, 0.3) is 17.3 Å². The predicted octanol–water partition coefficient (Wildman–Crippen LogP) is 2.29. The minimum atomic E-state index is -1.80. The Labute approximate surface area is 153 Å². The van der Waals surface area contributed by atoms with Gasteiger partial charge in [-0.05, 0) is 12.1 Å². The first kappa shape index (κ1) is 20.3. The molecule has 2 aromatic rings. The molecule has 0 aliphatic heterocycles. The van der Waals surface area contributed by atoms with Crippen molar-refractivity contribution in [1.82, 2.24) is 5.32 Å². The highest BCUT2D eigenvalue weighted by Gasteiger charge is 2.20. The van der Waals surface area contributed by atoms with Crippen molar-refractivity contribution >= 4 is 28.9 Å². The van der Waals surface area contributed by atoms with E-state index in [9.17, 15) is 43.0 Å². The molecule has 0 unspecified atom stereocenters. The molecule has 2 N–H and O–H groups in total. The largest absolute Gasteiger partial charge is 0.343 e. The maximum Gasteiger partial charge on any atom is 0.277 e. The van der Waals surface area contributed by atoms with Crippen LogP contribution in [-0.2, 0) is 4.79 Å². The number of hydrogen-bond donors (Lipinski definition) is 2. The average molecular weight is 398 g/mol. The Bertz CT molecular complexity index is 966. The zero-order chi connectivity index (χ0) is 21.0. The predicted molar refractivity (Wildman–Crippen MR) is 87.0 cm³/mol. The second-order valence-electron chi connectivity index (χ2n) is 5.21. The van der Waals surface area contributed by atoms with E-state index in [1.807, 2.05) is 10.6 Å². The molecular formula is C15H9F3N4O6. The van der Waals surface area contributed by atoms with Crippen LogP contribution in [0, 0.1) is 37.7 Å². The third-order valence-electron chi connectivity index (χ3n) is 3.31. The highest BCUT2D eigenvalue weighted by Crippen LogP contribution is 2.23. The Balaban J connectivity index is 2.09. The van der Waals surface area contributed by atoms with Crippen LogP contribution in [0.3, 0.4) is 0 Å². The minimum absolute atomic E-state index is 0.465. The van der Waals surface area contributed by atoms with Gasteiger partial charge in [0.2, 0.25) is 5.91 Å². The van der Waals surface area contributed by atoms with Gasteiger partial charge in [-0.25, -0.2) is 13.2 Å². The summed E-state index contributed by atoms with van der Waals surface area (Å²) in [6.07, 6.45) is 0. The molecule has 0 heterocycles. The molecule has 146 valence electrons. The molecule has 0 saturated carbocycles. The molecule has 2 aromatic carbocycles. The number of anilines is 1. The molecule has 2 rings (SSSR count). The maximum atomic E-state index is 13.5. The molecule has 0 spiro atoms. The van der Waals surface area contributed by atoms with E-state index in [1.165, 1.54) is 0 Å². The van der Waals surface area contributed by atoms with Crippen molar-refractivity contribution in [2.75, 3.05) is 11.9 Å². The van der Waals surface area contributed by atoms with Gasteiger partial charge in [0.05, 0.1) is 33.7 Å². The van der Waals surface area contributed by atoms with Crippen molar-refractivity contribution in [3.8, 4) is 0 Å². The lowest BCUT2D eigenvalue weighted by molar-refractivity contribution is -0.394. The first-order chi connectivity index (χ1) is 13.1. The summed E-state index contributed by atoms with van der Waals surface area (Å²) in [5, 5.41) is 25.5. The van der Waals surface area contributed by atoms with Crippen LogP contribution in [-0.4, -0.2) is 28.2 Å². The molecule has 0 aromatic heterocycles. The molecule has 2 amide bonds. The number of amides is 2. The second kappa shape index (κ2) is 8.11. The smallest absolute Gasteiger partial charge is 0.277 e. The normalized spacial score (nSPS) is 10.2. The van der Waals surface area contributed by atoms with E-state index in [0.717, 1.165) is 18.2 Å². The number of carbonyl (C=O) groups is 2. The monoisotopic (exact) mass is 398 g/mol. The average Bonchev–Trinajstić information content (AvgIpc) is 2.66. The Morgan fingerprint density at radius 1 is 0.929 bits per heavy atom. The Kier molecular flexibility index (Phi) is 5.88. The summed E-state index contributed by atoms with van der Waals surface area (Å²) in [6.45, 7) is -0.784. The molecule has 0 aliphatic carbocycles. The molecule has 28 heavy (non-hydrogen) atoms. The van der Waals surface area contributed by atoms with Crippen LogP contribution < -0.4 is 10.6 Å². The van der Waals surface area contributed by atoms with E-state index in [0.29, 0.717) is 12.1 Å². The number of nitro benzene ring substituents is 2. The topological polar surface area (TPSA) is 144 Å². The zero-order valence-electron chi connectivity index (χ0n) is 13.6. The number of non-ortho nitro benzene ring substituents is 2. The van der Waals surface area contributed by atoms with Gasteiger partial charge in [0, 0.05) is 12.1 Å². The molecule has 0 bridgehead atoms.